The molecule has 0 saturated carbocycles. The number of amides is 1. The minimum atomic E-state index is -2.35. The van der Waals surface area contributed by atoms with Crippen LogP contribution >= 0.6 is 11.6 Å². The standard InChI is InChI=1S/C15H22ClF2N3O/c1-11-4-5-13(12(16)8-11)19-15(22)10-21(3)7-6-20(2)9-14(17)18/h4-5,8,14H,6-7,9-10H2,1-3H3,(H,19,22). The van der Waals surface area contributed by atoms with Crippen molar-refractivity contribution in [2.45, 2.75) is 13.3 Å². The van der Waals surface area contributed by atoms with Crippen LogP contribution in [0.1, 0.15) is 5.56 Å². The Morgan fingerprint density at radius 1 is 1.27 bits per heavy atom. The quantitative estimate of drug-likeness (QED) is 0.794. The average molecular weight is 334 g/mol. The molecule has 1 aromatic carbocycles. The molecule has 1 rings (SSSR count). The second-order valence-electron chi connectivity index (χ2n) is 5.42. The first-order valence-corrected chi connectivity index (χ1v) is 7.37. The van der Waals surface area contributed by atoms with Crippen LogP contribution in [0.5, 0.6) is 0 Å². The van der Waals surface area contributed by atoms with Crippen LogP contribution in [0.2, 0.25) is 5.02 Å². The first-order chi connectivity index (χ1) is 10.3. The molecule has 0 aliphatic carbocycles. The van der Waals surface area contributed by atoms with E-state index < -0.39 is 6.43 Å². The highest BCUT2D eigenvalue weighted by Gasteiger charge is 2.11. The monoisotopic (exact) mass is 333 g/mol. The number of likely N-dealkylation sites (N-methyl/N-ethyl adjacent to an activating group) is 2. The van der Waals surface area contributed by atoms with Gasteiger partial charge < -0.3 is 5.32 Å². The van der Waals surface area contributed by atoms with Gasteiger partial charge in [-0.15, -0.1) is 0 Å². The van der Waals surface area contributed by atoms with Crippen molar-refractivity contribution >= 4 is 23.2 Å². The number of alkyl halides is 2. The molecule has 0 aliphatic rings. The van der Waals surface area contributed by atoms with Gasteiger partial charge in [-0.25, -0.2) is 8.78 Å². The van der Waals surface area contributed by atoms with Gasteiger partial charge in [-0.2, -0.15) is 0 Å². The molecule has 0 bridgehead atoms. The fourth-order valence-electron chi connectivity index (χ4n) is 1.90. The molecule has 22 heavy (non-hydrogen) atoms. The third kappa shape index (κ3) is 7.15. The van der Waals surface area contributed by atoms with Gasteiger partial charge in [-0.3, -0.25) is 14.6 Å². The Bertz CT molecular complexity index is 500. The molecule has 0 aliphatic heterocycles. The topological polar surface area (TPSA) is 35.6 Å². The summed E-state index contributed by atoms with van der Waals surface area (Å²) in [4.78, 5) is 15.3. The molecule has 1 amide bonds. The van der Waals surface area contributed by atoms with E-state index in [0.29, 0.717) is 23.8 Å². The molecule has 0 atom stereocenters. The van der Waals surface area contributed by atoms with Gasteiger partial charge in [0.1, 0.15) is 0 Å². The number of rotatable bonds is 8. The Morgan fingerprint density at radius 2 is 1.91 bits per heavy atom. The molecule has 124 valence electrons. The summed E-state index contributed by atoms with van der Waals surface area (Å²) in [5.41, 5.74) is 1.59. The Hall–Kier alpha value is -1.24. The van der Waals surface area contributed by atoms with Gasteiger partial charge in [-0.1, -0.05) is 17.7 Å². The molecule has 1 N–H and O–H groups in total. The fourth-order valence-corrected chi connectivity index (χ4v) is 2.19. The van der Waals surface area contributed by atoms with Crippen LogP contribution in [0.15, 0.2) is 18.2 Å². The lowest BCUT2D eigenvalue weighted by Crippen LogP contribution is -2.37. The van der Waals surface area contributed by atoms with Gasteiger partial charge >= 0.3 is 0 Å². The molecule has 7 heteroatoms. The van der Waals surface area contributed by atoms with Crippen LogP contribution < -0.4 is 5.32 Å². The first kappa shape index (κ1) is 18.8. The van der Waals surface area contributed by atoms with Crippen LogP contribution in [-0.2, 0) is 4.79 Å². The van der Waals surface area contributed by atoms with E-state index in [4.69, 9.17) is 11.6 Å². The fraction of sp³-hybridized carbons (Fsp3) is 0.533. The number of hydrogen-bond acceptors (Lipinski definition) is 3. The van der Waals surface area contributed by atoms with E-state index in [1.807, 2.05) is 13.0 Å². The lowest BCUT2D eigenvalue weighted by atomic mass is 10.2. The van der Waals surface area contributed by atoms with Crippen molar-refractivity contribution in [2.75, 3.05) is 45.6 Å². The maximum absolute atomic E-state index is 12.2. The number of hydrogen-bond donors (Lipinski definition) is 1. The predicted octanol–water partition coefficient (Wildman–Crippen LogP) is 2.72. The number of anilines is 1. The summed E-state index contributed by atoms with van der Waals surface area (Å²) in [7, 11) is 3.40. The molecular weight excluding hydrogens is 312 g/mol. The van der Waals surface area contributed by atoms with Gasteiger partial charge in [0.05, 0.1) is 23.8 Å². The molecule has 0 aromatic heterocycles. The van der Waals surface area contributed by atoms with Gasteiger partial charge in [0, 0.05) is 13.1 Å². The minimum Gasteiger partial charge on any atom is -0.324 e. The highest BCUT2D eigenvalue weighted by Crippen LogP contribution is 2.22. The number of benzene rings is 1. The Kier molecular flexibility index (Phi) is 7.72. The summed E-state index contributed by atoms with van der Waals surface area (Å²) in [6, 6.07) is 5.40. The average Bonchev–Trinajstić information content (AvgIpc) is 2.39. The van der Waals surface area contributed by atoms with Gasteiger partial charge in [0.2, 0.25) is 5.91 Å². The lowest BCUT2D eigenvalue weighted by molar-refractivity contribution is -0.117. The van der Waals surface area contributed by atoms with E-state index in [0.717, 1.165) is 5.56 Å². The molecule has 0 fully saturated rings. The van der Waals surface area contributed by atoms with E-state index >= 15 is 0 Å². The van der Waals surface area contributed by atoms with Gasteiger partial charge in [-0.05, 0) is 38.7 Å². The predicted molar refractivity (Wildman–Crippen MR) is 85.8 cm³/mol. The molecule has 0 spiro atoms. The maximum Gasteiger partial charge on any atom is 0.251 e. The SMILES string of the molecule is Cc1ccc(NC(=O)CN(C)CCN(C)CC(F)F)c(Cl)c1. The van der Waals surface area contributed by atoms with Crippen LogP contribution in [0.3, 0.4) is 0 Å². The number of carbonyl (C=O) groups excluding carboxylic acids is 1. The molecule has 0 saturated heterocycles. The van der Waals surface area contributed by atoms with Crippen molar-refractivity contribution in [1.29, 1.82) is 0 Å². The number of carbonyl (C=O) groups is 1. The van der Waals surface area contributed by atoms with Crippen molar-refractivity contribution in [3.05, 3.63) is 28.8 Å². The third-order valence-corrected chi connectivity index (χ3v) is 3.44. The van der Waals surface area contributed by atoms with Crippen molar-refractivity contribution < 1.29 is 13.6 Å². The number of nitrogens with one attached hydrogen (secondary N) is 1. The second kappa shape index (κ2) is 9.02. The zero-order chi connectivity index (χ0) is 16.7. The Balaban J connectivity index is 2.38. The lowest BCUT2D eigenvalue weighted by Gasteiger charge is -2.21. The molecule has 1 aromatic rings. The number of aryl methyl sites for hydroxylation is 1. The smallest absolute Gasteiger partial charge is 0.251 e. The second-order valence-corrected chi connectivity index (χ2v) is 5.83. The zero-order valence-corrected chi connectivity index (χ0v) is 13.8. The van der Waals surface area contributed by atoms with Crippen molar-refractivity contribution in [3.63, 3.8) is 0 Å². The van der Waals surface area contributed by atoms with Crippen molar-refractivity contribution in [2.24, 2.45) is 0 Å². The Labute approximate surface area is 135 Å². The molecular formula is C15H22ClF2N3O. The summed E-state index contributed by atoms with van der Waals surface area (Å²) < 4.78 is 24.4. The van der Waals surface area contributed by atoms with Crippen molar-refractivity contribution in [1.82, 2.24) is 9.80 Å². The van der Waals surface area contributed by atoms with Gasteiger partial charge in [0.25, 0.3) is 6.43 Å². The van der Waals surface area contributed by atoms with Crippen LogP contribution in [0.4, 0.5) is 14.5 Å². The van der Waals surface area contributed by atoms with Gasteiger partial charge in [0.15, 0.2) is 0 Å². The summed E-state index contributed by atoms with van der Waals surface area (Å²) in [5.74, 6) is -0.190. The molecule has 0 radical (unpaired) electrons. The molecule has 0 unspecified atom stereocenters. The van der Waals surface area contributed by atoms with Crippen LogP contribution in [0, 0.1) is 6.92 Å². The molecule has 0 heterocycles. The normalized spacial score (nSPS) is 11.5. The van der Waals surface area contributed by atoms with Crippen molar-refractivity contribution in [3.8, 4) is 0 Å². The zero-order valence-electron chi connectivity index (χ0n) is 13.1. The highest BCUT2D eigenvalue weighted by atomic mass is 35.5. The largest absolute Gasteiger partial charge is 0.324 e. The van der Waals surface area contributed by atoms with E-state index in [1.165, 1.54) is 4.90 Å². The number of nitrogens with zero attached hydrogens (tertiary/aromatic N) is 2. The highest BCUT2D eigenvalue weighted by molar-refractivity contribution is 6.33. The first-order valence-electron chi connectivity index (χ1n) is 6.99. The van der Waals surface area contributed by atoms with E-state index in [2.05, 4.69) is 5.32 Å². The van der Waals surface area contributed by atoms with E-state index in [1.54, 1.807) is 31.1 Å². The van der Waals surface area contributed by atoms with Crippen LogP contribution in [-0.4, -0.2) is 62.4 Å². The molecule has 4 nitrogen and oxygen atoms in total. The van der Waals surface area contributed by atoms with E-state index in [9.17, 15) is 13.6 Å². The summed E-state index contributed by atoms with van der Waals surface area (Å²) in [6.07, 6.45) is -2.35. The van der Waals surface area contributed by atoms with E-state index in [-0.39, 0.29) is 19.0 Å². The summed E-state index contributed by atoms with van der Waals surface area (Å²) in [6.45, 7) is 2.82. The van der Waals surface area contributed by atoms with Crippen LogP contribution in [0.25, 0.3) is 0 Å². The summed E-state index contributed by atoms with van der Waals surface area (Å²) in [5, 5.41) is 3.24. The third-order valence-electron chi connectivity index (χ3n) is 3.13. The Morgan fingerprint density at radius 3 is 2.50 bits per heavy atom. The minimum absolute atomic E-state index is 0.173. The maximum atomic E-state index is 12.2. The summed E-state index contributed by atoms with van der Waals surface area (Å²) >= 11 is 6.06. The number of halogens is 3.